The van der Waals surface area contributed by atoms with E-state index in [2.05, 4.69) is 5.32 Å². The van der Waals surface area contributed by atoms with Crippen LogP contribution in [0.15, 0.2) is 46.8 Å². The third-order valence-electron chi connectivity index (χ3n) is 7.32. The number of nitrogens with one attached hydrogen (secondary N) is 1. The first-order chi connectivity index (χ1) is 18.5. The Balaban J connectivity index is 1.62. The molecule has 2 saturated carbocycles. The Morgan fingerprint density at radius 2 is 1.66 bits per heavy atom. The number of allylic oxidation sites excluding steroid dienone is 1. The highest BCUT2D eigenvalue weighted by atomic mass is 35.5. The number of hydrogen-bond acceptors (Lipinski definition) is 8. The van der Waals surface area contributed by atoms with Crippen molar-refractivity contribution in [2.75, 3.05) is 46.2 Å². The molecule has 208 valence electrons. The number of rotatable bonds is 15. The quantitative estimate of drug-likeness (QED) is 0.250. The topological polar surface area (TPSA) is 109 Å². The molecule has 4 rings (SSSR count). The summed E-state index contributed by atoms with van der Waals surface area (Å²) in [5, 5.41) is 3.69. The minimum absolute atomic E-state index is 0.103. The summed E-state index contributed by atoms with van der Waals surface area (Å²) >= 11 is 6.64. The molecule has 1 atom stereocenters. The average Bonchev–Trinajstić information content (AvgIpc) is 3.81. The van der Waals surface area contributed by atoms with Crippen molar-refractivity contribution in [3.05, 3.63) is 57.4 Å². The molecule has 0 radical (unpaired) electrons. The Hall–Kier alpha value is -2.39. The van der Waals surface area contributed by atoms with Gasteiger partial charge in [0.2, 0.25) is 0 Å². The number of esters is 2. The van der Waals surface area contributed by atoms with Gasteiger partial charge in [-0.15, -0.1) is 0 Å². The normalized spacial score (nSPS) is 19.6. The smallest absolute Gasteiger partial charge is 0.336 e. The van der Waals surface area contributed by atoms with Gasteiger partial charge in [-0.25, -0.2) is 9.59 Å². The van der Waals surface area contributed by atoms with Crippen LogP contribution in [0, 0.1) is 17.8 Å². The van der Waals surface area contributed by atoms with Crippen molar-refractivity contribution in [1.29, 1.82) is 0 Å². The molecule has 0 saturated heterocycles. The summed E-state index contributed by atoms with van der Waals surface area (Å²) in [5.41, 5.74) is 7.87. The average molecular weight is 547 g/mol. The van der Waals surface area contributed by atoms with Crippen molar-refractivity contribution >= 4 is 23.5 Å². The van der Waals surface area contributed by atoms with Crippen molar-refractivity contribution in [3.63, 3.8) is 0 Å². The van der Waals surface area contributed by atoms with Crippen molar-refractivity contribution in [3.8, 4) is 0 Å². The maximum Gasteiger partial charge on any atom is 0.336 e. The van der Waals surface area contributed by atoms with Crippen LogP contribution in [0.25, 0.3) is 0 Å². The Morgan fingerprint density at radius 3 is 2.29 bits per heavy atom. The number of carbonyl (C=O) groups excluding carboxylic acids is 2. The van der Waals surface area contributed by atoms with Gasteiger partial charge in [0.25, 0.3) is 0 Å². The Bertz CT molecular complexity index is 1050. The number of ether oxygens (including phenoxy) is 4. The van der Waals surface area contributed by atoms with E-state index in [9.17, 15) is 9.59 Å². The van der Waals surface area contributed by atoms with Gasteiger partial charge in [0, 0.05) is 17.3 Å². The van der Waals surface area contributed by atoms with E-state index in [0.717, 1.165) is 0 Å². The summed E-state index contributed by atoms with van der Waals surface area (Å²) in [6.45, 7) is 5.83. The molecule has 2 fully saturated rings. The monoisotopic (exact) mass is 546 g/mol. The zero-order chi connectivity index (χ0) is 27.1. The first-order valence-electron chi connectivity index (χ1n) is 13.6. The van der Waals surface area contributed by atoms with Crippen LogP contribution in [0.1, 0.15) is 51.0 Å². The van der Waals surface area contributed by atoms with Crippen molar-refractivity contribution in [2.45, 2.75) is 45.4 Å². The minimum atomic E-state index is -0.760. The van der Waals surface area contributed by atoms with Gasteiger partial charge in [-0.3, -0.25) is 0 Å². The fourth-order valence-electron chi connectivity index (χ4n) is 5.18. The summed E-state index contributed by atoms with van der Waals surface area (Å²) in [6, 6.07) is 7.23. The Labute approximate surface area is 229 Å². The second-order valence-corrected chi connectivity index (χ2v) is 10.5. The molecule has 9 heteroatoms. The third-order valence-corrected chi connectivity index (χ3v) is 7.66. The van der Waals surface area contributed by atoms with Gasteiger partial charge in [0.1, 0.15) is 0 Å². The van der Waals surface area contributed by atoms with E-state index in [-0.39, 0.29) is 13.2 Å². The maximum absolute atomic E-state index is 13.7. The number of halogens is 1. The zero-order valence-corrected chi connectivity index (χ0v) is 23.1. The number of benzene rings is 1. The predicted octanol–water partition coefficient (Wildman–Crippen LogP) is 4.09. The molecular weight excluding hydrogens is 508 g/mol. The van der Waals surface area contributed by atoms with E-state index >= 15 is 0 Å². The number of dihydropyridines is 1. The van der Waals surface area contributed by atoms with Gasteiger partial charge >= 0.3 is 11.9 Å². The van der Waals surface area contributed by atoms with Crippen LogP contribution in [-0.2, 0) is 28.5 Å². The van der Waals surface area contributed by atoms with Gasteiger partial charge in [0.15, 0.2) is 0 Å². The molecule has 0 aromatic heterocycles. The summed E-state index contributed by atoms with van der Waals surface area (Å²) in [5.74, 6) is -0.00845. The molecule has 2 aliphatic carbocycles. The number of nitrogens with two attached hydrogens (primary N) is 1. The second kappa shape index (κ2) is 13.6. The molecule has 0 spiro atoms. The first-order valence-corrected chi connectivity index (χ1v) is 14.0. The molecule has 1 aromatic carbocycles. The highest BCUT2D eigenvalue weighted by Crippen LogP contribution is 2.49. The van der Waals surface area contributed by atoms with Crippen LogP contribution in [0.3, 0.4) is 0 Å². The van der Waals surface area contributed by atoms with Crippen molar-refractivity contribution in [1.82, 2.24) is 5.32 Å². The van der Waals surface area contributed by atoms with Gasteiger partial charge < -0.3 is 30.0 Å². The molecule has 1 aromatic rings. The largest absolute Gasteiger partial charge is 0.463 e. The lowest BCUT2D eigenvalue weighted by Gasteiger charge is -2.32. The molecule has 8 nitrogen and oxygen atoms in total. The summed E-state index contributed by atoms with van der Waals surface area (Å²) < 4.78 is 22.6. The summed E-state index contributed by atoms with van der Waals surface area (Å²) in [7, 11) is 0. The molecule has 1 heterocycles. The van der Waals surface area contributed by atoms with Gasteiger partial charge in [0.05, 0.1) is 62.4 Å². The lowest BCUT2D eigenvalue weighted by Crippen LogP contribution is -2.35. The van der Waals surface area contributed by atoms with E-state index in [1.807, 2.05) is 25.1 Å². The molecule has 3 N–H and O–H groups in total. The number of hydrogen-bond donors (Lipinski definition) is 2. The fraction of sp³-hybridized carbons (Fsp3) is 0.586. The van der Waals surface area contributed by atoms with E-state index < -0.39 is 17.9 Å². The molecule has 0 bridgehead atoms. The van der Waals surface area contributed by atoms with Crippen molar-refractivity contribution < 1.29 is 28.5 Å². The molecule has 1 aliphatic heterocycles. The van der Waals surface area contributed by atoms with Crippen LogP contribution >= 0.6 is 11.6 Å². The second-order valence-electron chi connectivity index (χ2n) is 10.1. The van der Waals surface area contributed by atoms with Gasteiger partial charge in [-0.05, 0) is 68.9 Å². The summed E-state index contributed by atoms with van der Waals surface area (Å²) in [4.78, 5) is 27.1. The van der Waals surface area contributed by atoms with Crippen LogP contribution in [0.4, 0.5) is 0 Å². The first kappa shape index (κ1) is 28.6. The Kier molecular flexibility index (Phi) is 10.2. The minimum Gasteiger partial charge on any atom is -0.463 e. The van der Waals surface area contributed by atoms with Gasteiger partial charge in [-0.2, -0.15) is 0 Å². The van der Waals surface area contributed by atoms with Crippen LogP contribution in [0.2, 0.25) is 5.02 Å². The van der Waals surface area contributed by atoms with Gasteiger partial charge in [-0.1, -0.05) is 29.8 Å². The third kappa shape index (κ3) is 7.17. The van der Waals surface area contributed by atoms with Crippen LogP contribution in [0.5, 0.6) is 0 Å². The lowest BCUT2D eigenvalue weighted by molar-refractivity contribution is -0.141. The van der Waals surface area contributed by atoms with E-state index in [0.29, 0.717) is 83.9 Å². The maximum atomic E-state index is 13.7. The standard InChI is InChI=1S/C29H39ClN2O6/c1-3-37-29(34)27-24(17-36-15-14-35-13-12-31)32-18(2)25(26(27)21-6-4-5-7-23(21)30)28(33)38-16-22(19-8-9-19)20-10-11-20/h4-7,19-20,22,26,32H,3,8-17,31H2,1-2H3/t26-/m1/s1. The van der Waals surface area contributed by atoms with E-state index in [1.165, 1.54) is 25.7 Å². The number of carbonyl (C=O) groups is 2. The fourth-order valence-corrected chi connectivity index (χ4v) is 5.43. The predicted molar refractivity (Wildman–Crippen MR) is 144 cm³/mol. The lowest BCUT2D eigenvalue weighted by atomic mass is 9.80. The molecular formula is C29H39ClN2O6. The molecule has 38 heavy (non-hydrogen) atoms. The highest BCUT2D eigenvalue weighted by Gasteiger charge is 2.44. The highest BCUT2D eigenvalue weighted by molar-refractivity contribution is 6.31. The molecule has 3 aliphatic rings. The van der Waals surface area contributed by atoms with E-state index in [4.69, 9.17) is 36.3 Å². The molecule has 0 amide bonds. The zero-order valence-electron chi connectivity index (χ0n) is 22.3. The van der Waals surface area contributed by atoms with E-state index in [1.54, 1.807) is 13.0 Å². The van der Waals surface area contributed by atoms with Crippen molar-refractivity contribution in [2.24, 2.45) is 23.5 Å². The van der Waals surface area contributed by atoms with Crippen LogP contribution in [-0.4, -0.2) is 58.1 Å². The summed E-state index contributed by atoms with van der Waals surface area (Å²) in [6.07, 6.45) is 4.84. The molecule has 0 unspecified atom stereocenters. The SMILES string of the molecule is CCOC(=O)C1=C(COCCOCCN)NC(C)=C(C(=O)OCC(C2CC2)C2CC2)[C@H]1c1ccccc1Cl. The van der Waals surface area contributed by atoms with Crippen LogP contribution < -0.4 is 11.1 Å². The Morgan fingerprint density at radius 1 is 1.00 bits per heavy atom.